The van der Waals surface area contributed by atoms with Gasteiger partial charge in [-0.15, -0.1) is 5.10 Å². The summed E-state index contributed by atoms with van der Waals surface area (Å²) in [7, 11) is 0. The zero-order valence-electron chi connectivity index (χ0n) is 16.5. The molecular weight excluding hydrogens is 451 g/mol. The quantitative estimate of drug-likeness (QED) is 0.323. The molecule has 0 saturated heterocycles. The number of carbonyl (C=O) groups is 1. The largest absolute Gasteiger partial charge is 0.479 e. The molecule has 0 spiro atoms. The van der Waals surface area contributed by atoms with Gasteiger partial charge in [0.15, 0.2) is 23.1 Å². The molecule has 0 aliphatic carbocycles. The molecule has 7 nitrogen and oxygen atoms in total. The Morgan fingerprint density at radius 2 is 1.79 bits per heavy atom. The molecule has 170 valence electrons. The monoisotopic (exact) mass is 464 g/mol. The van der Waals surface area contributed by atoms with Crippen LogP contribution in [0.4, 0.5) is 27.9 Å². The molecule has 0 unspecified atom stereocenters. The molecule has 0 bridgehead atoms. The second kappa shape index (κ2) is 9.10. The van der Waals surface area contributed by atoms with E-state index in [0.29, 0.717) is 5.56 Å². The lowest BCUT2D eigenvalue weighted by molar-refractivity contribution is 0.0991. The summed E-state index contributed by atoms with van der Waals surface area (Å²) in [5, 5.41) is 6.44. The van der Waals surface area contributed by atoms with Crippen LogP contribution in [0.2, 0.25) is 0 Å². The Hall–Kier alpha value is -4.22. The SMILES string of the molecule is O=C(Nc1ncn(Cc2cccc(F)c2)n1)c1ccc(COc2c(F)c(F)cc(F)c2F)o1. The topological polar surface area (TPSA) is 82.2 Å². The average molecular weight is 464 g/mol. The van der Waals surface area contributed by atoms with E-state index in [2.05, 4.69) is 15.4 Å². The maximum atomic E-state index is 13.6. The molecule has 1 amide bonds. The Labute approximate surface area is 182 Å². The predicted molar refractivity (Wildman–Crippen MR) is 103 cm³/mol. The van der Waals surface area contributed by atoms with Crippen LogP contribution in [0.5, 0.6) is 5.75 Å². The smallest absolute Gasteiger partial charge is 0.293 e. The van der Waals surface area contributed by atoms with Crippen LogP contribution in [0, 0.1) is 29.1 Å². The van der Waals surface area contributed by atoms with Gasteiger partial charge in [0.05, 0.1) is 6.54 Å². The number of aromatic nitrogens is 3. The van der Waals surface area contributed by atoms with E-state index in [0.717, 1.165) is 0 Å². The molecule has 0 aliphatic rings. The normalized spacial score (nSPS) is 10.9. The molecule has 2 aromatic heterocycles. The van der Waals surface area contributed by atoms with Gasteiger partial charge in [0.1, 0.15) is 24.5 Å². The lowest BCUT2D eigenvalue weighted by Gasteiger charge is -2.08. The fourth-order valence-electron chi connectivity index (χ4n) is 2.81. The molecule has 0 saturated carbocycles. The van der Waals surface area contributed by atoms with Crippen LogP contribution >= 0.6 is 0 Å². The zero-order chi connectivity index (χ0) is 23.5. The lowest BCUT2D eigenvalue weighted by atomic mass is 10.2. The van der Waals surface area contributed by atoms with Gasteiger partial charge in [0.2, 0.25) is 17.6 Å². The lowest BCUT2D eigenvalue weighted by Crippen LogP contribution is -2.12. The summed E-state index contributed by atoms with van der Waals surface area (Å²) in [6, 6.07) is 8.47. The molecule has 1 N–H and O–H groups in total. The summed E-state index contributed by atoms with van der Waals surface area (Å²) in [5.41, 5.74) is 0.638. The number of anilines is 1. The number of furan rings is 1. The van der Waals surface area contributed by atoms with Crippen molar-refractivity contribution in [3.05, 3.63) is 95.0 Å². The third-order valence-electron chi connectivity index (χ3n) is 4.31. The van der Waals surface area contributed by atoms with Gasteiger partial charge in [-0.3, -0.25) is 10.1 Å². The van der Waals surface area contributed by atoms with E-state index in [1.807, 2.05) is 0 Å². The van der Waals surface area contributed by atoms with Crippen molar-refractivity contribution in [1.82, 2.24) is 14.8 Å². The number of nitrogens with one attached hydrogen (secondary N) is 1. The van der Waals surface area contributed by atoms with Crippen LogP contribution in [0.25, 0.3) is 0 Å². The average Bonchev–Trinajstić information content (AvgIpc) is 3.42. The second-order valence-electron chi connectivity index (χ2n) is 6.70. The minimum atomic E-state index is -1.70. The number of hydrogen-bond donors (Lipinski definition) is 1. The van der Waals surface area contributed by atoms with E-state index in [9.17, 15) is 26.7 Å². The van der Waals surface area contributed by atoms with E-state index in [4.69, 9.17) is 9.15 Å². The first-order valence-corrected chi connectivity index (χ1v) is 9.30. The molecular formula is C21H13F5N4O3. The number of hydrogen-bond acceptors (Lipinski definition) is 5. The van der Waals surface area contributed by atoms with Crippen LogP contribution < -0.4 is 10.1 Å². The van der Waals surface area contributed by atoms with Gasteiger partial charge in [-0.05, 0) is 29.8 Å². The highest BCUT2D eigenvalue weighted by molar-refractivity contribution is 6.01. The first-order chi connectivity index (χ1) is 15.8. The maximum Gasteiger partial charge on any atom is 0.293 e. The molecule has 2 aromatic carbocycles. The van der Waals surface area contributed by atoms with E-state index >= 15 is 0 Å². The highest BCUT2D eigenvalue weighted by Gasteiger charge is 2.21. The Morgan fingerprint density at radius 3 is 2.52 bits per heavy atom. The van der Waals surface area contributed by atoms with Crippen molar-refractivity contribution in [1.29, 1.82) is 0 Å². The maximum absolute atomic E-state index is 13.6. The molecule has 12 heteroatoms. The third kappa shape index (κ3) is 5.00. The van der Waals surface area contributed by atoms with Crippen LogP contribution in [-0.2, 0) is 13.2 Å². The molecule has 0 fully saturated rings. The minimum Gasteiger partial charge on any atom is -0.479 e. The number of rotatable bonds is 7. The number of amides is 1. The Balaban J connectivity index is 1.37. The predicted octanol–water partition coefficient (Wildman–Crippen LogP) is 4.45. The Bertz CT molecular complexity index is 1290. The van der Waals surface area contributed by atoms with E-state index < -0.39 is 47.3 Å². The van der Waals surface area contributed by atoms with Crippen molar-refractivity contribution in [3.63, 3.8) is 0 Å². The summed E-state index contributed by atoms with van der Waals surface area (Å²) in [5.74, 6) is -9.31. The highest BCUT2D eigenvalue weighted by atomic mass is 19.2. The molecule has 4 aromatic rings. The van der Waals surface area contributed by atoms with Gasteiger partial charge in [-0.1, -0.05) is 12.1 Å². The highest BCUT2D eigenvalue weighted by Crippen LogP contribution is 2.27. The molecule has 4 rings (SSSR count). The van der Waals surface area contributed by atoms with Crippen molar-refractivity contribution in [2.45, 2.75) is 13.2 Å². The Morgan fingerprint density at radius 1 is 1.03 bits per heavy atom. The number of ether oxygens (including phenoxy) is 1. The fraction of sp³-hybridized carbons (Fsp3) is 0.0952. The van der Waals surface area contributed by atoms with Crippen LogP contribution in [-0.4, -0.2) is 20.7 Å². The summed E-state index contributed by atoms with van der Waals surface area (Å²) < 4.78 is 78.4. The van der Waals surface area contributed by atoms with Gasteiger partial charge in [0.25, 0.3) is 5.91 Å². The van der Waals surface area contributed by atoms with E-state index in [1.165, 1.54) is 35.3 Å². The minimum absolute atomic E-state index is 0.0480. The first kappa shape index (κ1) is 22.0. The van der Waals surface area contributed by atoms with Gasteiger partial charge in [0, 0.05) is 6.07 Å². The Kier molecular flexibility index (Phi) is 6.07. The van der Waals surface area contributed by atoms with Crippen molar-refractivity contribution < 1.29 is 35.9 Å². The summed E-state index contributed by atoms with van der Waals surface area (Å²) in [6.07, 6.45) is 1.34. The summed E-state index contributed by atoms with van der Waals surface area (Å²) >= 11 is 0. The molecule has 0 radical (unpaired) electrons. The number of benzene rings is 2. The van der Waals surface area contributed by atoms with Crippen molar-refractivity contribution in [3.8, 4) is 5.75 Å². The van der Waals surface area contributed by atoms with Crippen LogP contribution in [0.3, 0.4) is 0 Å². The molecule has 0 atom stereocenters. The van der Waals surface area contributed by atoms with Crippen LogP contribution in [0.15, 0.2) is 53.2 Å². The second-order valence-corrected chi connectivity index (χ2v) is 6.70. The van der Waals surface area contributed by atoms with Gasteiger partial charge < -0.3 is 9.15 Å². The zero-order valence-corrected chi connectivity index (χ0v) is 16.5. The van der Waals surface area contributed by atoms with E-state index in [-0.39, 0.29) is 30.1 Å². The van der Waals surface area contributed by atoms with Crippen molar-refractivity contribution in [2.75, 3.05) is 5.32 Å². The standard InChI is InChI=1S/C21H13F5N4O3/c22-12-3-1-2-11(6-12)8-30-10-27-21(29-30)28-20(31)16-5-4-13(33-16)9-32-19-17(25)14(23)7-15(24)18(19)26/h1-7,10H,8-9H2,(H,28,29,31). The number of nitrogens with zero attached hydrogens (tertiary/aromatic N) is 3. The molecule has 2 heterocycles. The summed E-state index contributed by atoms with van der Waals surface area (Å²) in [4.78, 5) is 16.2. The third-order valence-corrected chi connectivity index (χ3v) is 4.31. The number of halogens is 5. The first-order valence-electron chi connectivity index (χ1n) is 9.30. The van der Waals surface area contributed by atoms with Gasteiger partial charge in [-0.25, -0.2) is 22.8 Å². The van der Waals surface area contributed by atoms with E-state index in [1.54, 1.807) is 12.1 Å². The van der Waals surface area contributed by atoms with Gasteiger partial charge >= 0.3 is 0 Å². The van der Waals surface area contributed by atoms with Gasteiger partial charge in [-0.2, -0.15) is 8.78 Å². The molecule has 33 heavy (non-hydrogen) atoms. The molecule has 0 aliphatic heterocycles. The fourth-order valence-corrected chi connectivity index (χ4v) is 2.81. The number of carbonyl (C=O) groups excluding carboxylic acids is 1. The van der Waals surface area contributed by atoms with Crippen LogP contribution in [0.1, 0.15) is 21.9 Å². The van der Waals surface area contributed by atoms with Crippen molar-refractivity contribution in [2.24, 2.45) is 0 Å². The summed E-state index contributed by atoms with van der Waals surface area (Å²) in [6.45, 7) is -0.388. The van der Waals surface area contributed by atoms with Crippen molar-refractivity contribution >= 4 is 11.9 Å².